The molecular formula is C21H21BrN2O2. The number of aromatic hydroxyl groups is 1. The Morgan fingerprint density at radius 2 is 1.96 bits per heavy atom. The smallest absolute Gasteiger partial charge is 0.144 e. The van der Waals surface area contributed by atoms with Gasteiger partial charge < -0.3 is 10.4 Å². The Balaban J connectivity index is 1.90. The minimum absolute atomic E-state index is 0.102. The summed E-state index contributed by atoms with van der Waals surface area (Å²) in [5, 5.41) is 14.0. The van der Waals surface area contributed by atoms with E-state index >= 15 is 0 Å². The molecule has 2 aromatic carbocycles. The fourth-order valence-electron chi connectivity index (χ4n) is 4.05. The molecule has 0 amide bonds. The number of hydrogen-bond acceptors (Lipinski definition) is 4. The number of aliphatic imine (C=N–C) groups is 1. The Morgan fingerprint density at radius 3 is 2.77 bits per heavy atom. The number of ketones is 1. The molecule has 134 valence electrons. The Morgan fingerprint density at radius 1 is 1.19 bits per heavy atom. The van der Waals surface area contributed by atoms with Crippen molar-refractivity contribution < 1.29 is 9.90 Å². The van der Waals surface area contributed by atoms with Crippen LogP contribution in [0.2, 0.25) is 0 Å². The number of nitrogens with one attached hydrogen (secondary N) is 1. The summed E-state index contributed by atoms with van der Waals surface area (Å²) in [6, 6.07) is 12.8. The number of phenols is 1. The van der Waals surface area contributed by atoms with Gasteiger partial charge in [-0.25, -0.2) is 0 Å². The van der Waals surface area contributed by atoms with Crippen molar-refractivity contribution in [1.82, 2.24) is 0 Å². The number of fused-ring (bicyclic) bond motifs is 2. The largest absolute Gasteiger partial charge is 0.508 e. The number of carbonyl (C=O) groups is 1. The average molecular weight is 413 g/mol. The summed E-state index contributed by atoms with van der Waals surface area (Å²) in [6.07, 6.45) is 1.28. The van der Waals surface area contributed by atoms with Gasteiger partial charge in [-0.2, -0.15) is 0 Å². The second kappa shape index (κ2) is 6.23. The summed E-state index contributed by atoms with van der Waals surface area (Å²) < 4.78 is 0.867. The first kappa shape index (κ1) is 17.3. The zero-order valence-corrected chi connectivity index (χ0v) is 16.4. The molecule has 0 bridgehead atoms. The summed E-state index contributed by atoms with van der Waals surface area (Å²) in [5.74, 6) is -0.0256. The number of phenolic OH excluding ortho intramolecular Hbond substituents is 1. The van der Waals surface area contributed by atoms with Crippen molar-refractivity contribution in [3.05, 3.63) is 52.5 Å². The molecule has 1 fully saturated rings. The highest BCUT2D eigenvalue weighted by Crippen LogP contribution is 2.46. The minimum Gasteiger partial charge on any atom is -0.508 e. The predicted octanol–water partition coefficient (Wildman–Crippen LogP) is 5.40. The van der Waals surface area contributed by atoms with Gasteiger partial charge in [-0.05, 0) is 42.2 Å². The normalized spacial score (nSPS) is 24.0. The summed E-state index contributed by atoms with van der Waals surface area (Å²) in [7, 11) is 0. The Hall–Kier alpha value is -2.14. The molecule has 1 saturated carbocycles. The zero-order valence-electron chi connectivity index (χ0n) is 14.8. The first-order valence-corrected chi connectivity index (χ1v) is 9.57. The van der Waals surface area contributed by atoms with Crippen LogP contribution in [-0.4, -0.2) is 16.6 Å². The Kier molecular flexibility index (Phi) is 4.14. The van der Waals surface area contributed by atoms with Gasteiger partial charge in [-0.3, -0.25) is 9.79 Å². The zero-order chi connectivity index (χ0) is 18.5. The molecule has 2 aliphatic rings. The van der Waals surface area contributed by atoms with E-state index in [-0.39, 0.29) is 28.9 Å². The van der Waals surface area contributed by atoms with Gasteiger partial charge in [0.2, 0.25) is 0 Å². The van der Waals surface area contributed by atoms with E-state index in [4.69, 9.17) is 4.99 Å². The van der Waals surface area contributed by atoms with Crippen LogP contribution in [0.1, 0.15) is 38.3 Å². The highest BCUT2D eigenvalue weighted by molar-refractivity contribution is 9.10. The van der Waals surface area contributed by atoms with E-state index in [1.807, 2.05) is 30.3 Å². The van der Waals surface area contributed by atoms with E-state index in [0.29, 0.717) is 12.0 Å². The van der Waals surface area contributed by atoms with Crippen LogP contribution >= 0.6 is 15.9 Å². The second-order valence-corrected chi connectivity index (χ2v) is 8.82. The van der Waals surface area contributed by atoms with Crippen LogP contribution in [0.5, 0.6) is 5.75 Å². The highest BCUT2D eigenvalue weighted by atomic mass is 79.9. The second-order valence-electron chi connectivity index (χ2n) is 7.91. The van der Waals surface area contributed by atoms with Crippen molar-refractivity contribution >= 4 is 38.8 Å². The number of benzene rings is 2. The molecule has 1 heterocycles. The third-order valence-corrected chi connectivity index (χ3v) is 5.65. The Bertz CT molecular complexity index is 920. The lowest BCUT2D eigenvalue weighted by molar-refractivity contribution is -0.124. The van der Waals surface area contributed by atoms with Crippen molar-refractivity contribution in [2.75, 3.05) is 5.32 Å². The van der Waals surface area contributed by atoms with Crippen LogP contribution in [0.4, 0.5) is 11.4 Å². The predicted molar refractivity (Wildman–Crippen MR) is 107 cm³/mol. The molecule has 4 nitrogen and oxygen atoms in total. The number of para-hydroxylation sites is 2. The lowest BCUT2D eigenvalue weighted by Gasteiger charge is -2.37. The average Bonchev–Trinajstić information content (AvgIpc) is 2.72. The van der Waals surface area contributed by atoms with Gasteiger partial charge >= 0.3 is 0 Å². The molecule has 0 aromatic heterocycles. The number of nitrogens with zero attached hydrogens (tertiary/aromatic N) is 1. The number of anilines is 1. The van der Waals surface area contributed by atoms with Crippen molar-refractivity contribution in [3.63, 3.8) is 0 Å². The van der Waals surface area contributed by atoms with E-state index in [1.54, 1.807) is 12.1 Å². The van der Waals surface area contributed by atoms with Crippen molar-refractivity contribution in [2.45, 2.75) is 32.7 Å². The van der Waals surface area contributed by atoms with Crippen molar-refractivity contribution in [1.29, 1.82) is 0 Å². The third kappa shape index (κ3) is 3.05. The molecule has 0 saturated heterocycles. The summed E-state index contributed by atoms with van der Waals surface area (Å²) >= 11 is 3.48. The molecular weight excluding hydrogens is 392 g/mol. The van der Waals surface area contributed by atoms with Gasteiger partial charge in [0.25, 0.3) is 0 Å². The molecule has 5 heteroatoms. The van der Waals surface area contributed by atoms with Gasteiger partial charge in [-0.1, -0.05) is 41.9 Å². The summed E-state index contributed by atoms with van der Waals surface area (Å²) in [4.78, 5) is 18.0. The summed E-state index contributed by atoms with van der Waals surface area (Å²) in [6.45, 7) is 4.22. The van der Waals surface area contributed by atoms with Gasteiger partial charge in [0, 0.05) is 22.2 Å². The quantitative estimate of drug-likeness (QED) is 0.658. The molecule has 2 atom stereocenters. The molecule has 2 aromatic rings. The van der Waals surface area contributed by atoms with Crippen LogP contribution in [-0.2, 0) is 4.79 Å². The van der Waals surface area contributed by atoms with Gasteiger partial charge in [0.1, 0.15) is 11.5 Å². The number of rotatable bonds is 1. The topological polar surface area (TPSA) is 61.7 Å². The van der Waals surface area contributed by atoms with Crippen LogP contribution < -0.4 is 5.32 Å². The standard InChI is InChI=1S/C21H21BrN2O2/c1-21(2)10-16-19(18(26)11-21)20(13-9-12(22)7-8-17(13)25)24-15-6-4-3-5-14(15)23-16/h3-9,19-20,24-25H,10-11H2,1-2H3. The maximum absolute atomic E-state index is 13.1. The number of hydrogen-bond donors (Lipinski definition) is 2. The first-order chi connectivity index (χ1) is 12.3. The van der Waals surface area contributed by atoms with Crippen LogP contribution in [0.25, 0.3) is 0 Å². The molecule has 2 unspecified atom stereocenters. The number of halogens is 1. The molecule has 26 heavy (non-hydrogen) atoms. The lowest BCUT2D eigenvalue weighted by atomic mass is 9.68. The number of Topliss-reactive ketones (excluding diaryl/α,β-unsaturated/α-hetero) is 1. The molecule has 1 aliphatic carbocycles. The van der Waals surface area contributed by atoms with E-state index in [1.165, 1.54) is 0 Å². The van der Waals surface area contributed by atoms with Crippen LogP contribution in [0.3, 0.4) is 0 Å². The van der Waals surface area contributed by atoms with Gasteiger partial charge in [-0.15, -0.1) is 0 Å². The summed E-state index contributed by atoms with van der Waals surface area (Å²) in [5.41, 5.74) is 3.23. The third-order valence-electron chi connectivity index (χ3n) is 5.16. The molecule has 2 N–H and O–H groups in total. The molecule has 0 spiro atoms. The van der Waals surface area contributed by atoms with Crippen LogP contribution in [0.15, 0.2) is 51.9 Å². The maximum atomic E-state index is 13.1. The highest BCUT2D eigenvalue weighted by Gasteiger charge is 2.44. The fourth-order valence-corrected chi connectivity index (χ4v) is 4.43. The SMILES string of the molecule is CC1(C)CC(=O)C2C(=Nc3ccccc3NC2c2cc(Br)ccc2O)C1. The van der Waals surface area contributed by atoms with Gasteiger partial charge in [0.15, 0.2) is 0 Å². The van der Waals surface area contributed by atoms with Crippen LogP contribution in [0, 0.1) is 11.3 Å². The maximum Gasteiger partial charge on any atom is 0.144 e. The van der Waals surface area contributed by atoms with E-state index in [9.17, 15) is 9.90 Å². The van der Waals surface area contributed by atoms with Gasteiger partial charge in [0.05, 0.1) is 23.3 Å². The van der Waals surface area contributed by atoms with Crippen molar-refractivity contribution in [3.8, 4) is 5.75 Å². The molecule has 0 radical (unpaired) electrons. The number of carbonyl (C=O) groups excluding carboxylic acids is 1. The molecule has 1 aliphatic heterocycles. The molecule has 4 rings (SSSR count). The van der Waals surface area contributed by atoms with E-state index in [0.717, 1.165) is 28.0 Å². The fraction of sp³-hybridized carbons (Fsp3) is 0.333. The Labute approximate surface area is 161 Å². The van der Waals surface area contributed by atoms with E-state index < -0.39 is 0 Å². The van der Waals surface area contributed by atoms with E-state index in [2.05, 4.69) is 35.1 Å². The lowest BCUT2D eigenvalue weighted by Crippen LogP contribution is -2.42. The monoisotopic (exact) mass is 412 g/mol. The first-order valence-electron chi connectivity index (χ1n) is 8.78. The minimum atomic E-state index is -0.379. The van der Waals surface area contributed by atoms with Crippen molar-refractivity contribution in [2.24, 2.45) is 16.3 Å².